The Hall–Kier alpha value is -4.47. The number of aryl methyl sites for hydroxylation is 1. The number of anilines is 1. The molecule has 10 heteroatoms. The summed E-state index contributed by atoms with van der Waals surface area (Å²) >= 11 is 0. The van der Waals surface area contributed by atoms with Crippen molar-refractivity contribution < 1.29 is 29.3 Å². The van der Waals surface area contributed by atoms with Crippen LogP contribution in [0.5, 0.6) is 17.2 Å². The largest absolute Gasteiger partial charge is 0.505 e. The van der Waals surface area contributed by atoms with Gasteiger partial charge >= 0.3 is 12.0 Å². The first kappa shape index (κ1) is 25.2. The SMILES string of the molecule is COc1cccc(-c2cc(OC)cc(C(CC(=O)O)NC(=O)Nc3c(O)cc(C)n(C)c3=O)c2)c1. The lowest BCUT2D eigenvalue weighted by molar-refractivity contribution is -0.137. The number of carboxylic acids is 1. The van der Waals surface area contributed by atoms with Gasteiger partial charge in [-0.1, -0.05) is 12.1 Å². The number of urea groups is 1. The molecule has 2 aromatic carbocycles. The zero-order chi connectivity index (χ0) is 25.7. The average Bonchev–Trinajstić information content (AvgIpc) is 2.84. The summed E-state index contributed by atoms with van der Waals surface area (Å²) in [5.41, 5.74) is 1.59. The van der Waals surface area contributed by atoms with Gasteiger partial charge in [-0.15, -0.1) is 0 Å². The van der Waals surface area contributed by atoms with Gasteiger partial charge in [-0.05, 0) is 53.9 Å². The summed E-state index contributed by atoms with van der Waals surface area (Å²) in [5, 5.41) is 24.5. The number of pyridine rings is 1. The van der Waals surface area contributed by atoms with Crippen LogP contribution in [0.15, 0.2) is 53.3 Å². The molecule has 1 heterocycles. The number of amides is 2. The van der Waals surface area contributed by atoms with Gasteiger partial charge in [0.15, 0.2) is 5.69 Å². The molecule has 0 radical (unpaired) electrons. The monoisotopic (exact) mass is 481 g/mol. The highest BCUT2D eigenvalue weighted by atomic mass is 16.5. The van der Waals surface area contributed by atoms with Crippen molar-refractivity contribution in [2.75, 3.05) is 19.5 Å². The number of aromatic nitrogens is 1. The fourth-order valence-electron chi connectivity index (χ4n) is 3.57. The summed E-state index contributed by atoms with van der Waals surface area (Å²) in [5.74, 6) is -0.429. The van der Waals surface area contributed by atoms with Crippen LogP contribution in [-0.4, -0.2) is 41.0 Å². The molecule has 0 saturated carbocycles. The molecule has 0 saturated heterocycles. The van der Waals surface area contributed by atoms with Crippen molar-refractivity contribution >= 4 is 17.7 Å². The summed E-state index contributed by atoms with van der Waals surface area (Å²) in [7, 11) is 4.54. The minimum Gasteiger partial charge on any atom is -0.505 e. The molecule has 0 bridgehead atoms. The van der Waals surface area contributed by atoms with Crippen LogP contribution in [0.4, 0.5) is 10.5 Å². The van der Waals surface area contributed by atoms with Gasteiger partial charge in [-0.3, -0.25) is 9.59 Å². The van der Waals surface area contributed by atoms with Gasteiger partial charge in [0, 0.05) is 18.8 Å². The van der Waals surface area contributed by atoms with Gasteiger partial charge in [0.05, 0.1) is 26.7 Å². The van der Waals surface area contributed by atoms with E-state index in [1.54, 1.807) is 38.3 Å². The Bertz CT molecular complexity index is 1320. The molecular weight excluding hydrogens is 454 g/mol. The van der Waals surface area contributed by atoms with Crippen molar-refractivity contribution in [1.29, 1.82) is 0 Å². The summed E-state index contributed by atoms with van der Waals surface area (Å²) in [6.07, 6.45) is -0.434. The minimum atomic E-state index is -1.14. The Morgan fingerprint density at radius 3 is 2.37 bits per heavy atom. The Balaban J connectivity index is 1.96. The number of aromatic hydroxyl groups is 1. The molecule has 0 fully saturated rings. The molecule has 1 atom stereocenters. The number of ether oxygens (including phenoxy) is 2. The van der Waals surface area contributed by atoms with E-state index in [4.69, 9.17) is 9.47 Å². The van der Waals surface area contributed by atoms with E-state index in [9.17, 15) is 24.6 Å². The van der Waals surface area contributed by atoms with Crippen LogP contribution < -0.4 is 25.7 Å². The molecular formula is C25H27N3O7. The van der Waals surface area contributed by atoms with Gasteiger partial charge < -0.3 is 34.9 Å². The predicted molar refractivity (Wildman–Crippen MR) is 130 cm³/mol. The molecule has 0 aliphatic rings. The van der Waals surface area contributed by atoms with Crippen LogP contribution in [0.3, 0.4) is 0 Å². The number of hydrogen-bond donors (Lipinski definition) is 4. The van der Waals surface area contributed by atoms with Gasteiger partial charge in [0.1, 0.15) is 17.2 Å². The number of carboxylic acid groups (broad SMARTS) is 1. The molecule has 184 valence electrons. The van der Waals surface area contributed by atoms with E-state index in [0.29, 0.717) is 22.8 Å². The molecule has 2 amide bonds. The van der Waals surface area contributed by atoms with Crippen LogP contribution >= 0.6 is 0 Å². The number of nitrogens with zero attached hydrogens (tertiary/aromatic N) is 1. The predicted octanol–water partition coefficient (Wildman–Crippen LogP) is 3.42. The van der Waals surface area contributed by atoms with Crippen LogP contribution in [0.2, 0.25) is 0 Å². The third-order valence-corrected chi connectivity index (χ3v) is 5.54. The molecule has 1 aromatic heterocycles. The highest BCUT2D eigenvalue weighted by Gasteiger charge is 2.22. The van der Waals surface area contributed by atoms with Crippen LogP contribution in [-0.2, 0) is 11.8 Å². The number of aliphatic carboxylic acids is 1. The highest BCUT2D eigenvalue weighted by molar-refractivity contribution is 5.91. The summed E-state index contributed by atoms with van der Waals surface area (Å²) in [4.78, 5) is 36.8. The number of carbonyl (C=O) groups is 2. The van der Waals surface area contributed by atoms with E-state index >= 15 is 0 Å². The third-order valence-electron chi connectivity index (χ3n) is 5.54. The van der Waals surface area contributed by atoms with Crippen molar-refractivity contribution in [3.8, 4) is 28.4 Å². The van der Waals surface area contributed by atoms with Crippen molar-refractivity contribution in [3.63, 3.8) is 0 Å². The first-order valence-electron chi connectivity index (χ1n) is 10.6. The van der Waals surface area contributed by atoms with Crippen LogP contribution in [0.1, 0.15) is 23.7 Å². The standard InChI is InChI=1S/C25H27N3O7/c1-14-8-21(29)23(24(32)28(14)2)27-25(33)26-20(13-22(30)31)17-9-16(11-19(12-17)35-4)15-6-5-7-18(10-15)34-3/h5-12,20,29H,13H2,1-4H3,(H,30,31)(H2,26,27,33). The normalized spacial score (nSPS) is 11.4. The molecule has 0 aliphatic heterocycles. The highest BCUT2D eigenvalue weighted by Crippen LogP contribution is 2.32. The Kier molecular flexibility index (Phi) is 7.65. The van der Waals surface area contributed by atoms with E-state index in [1.807, 2.05) is 18.2 Å². The lowest BCUT2D eigenvalue weighted by Crippen LogP contribution is -2.36. The minimum absolute atomic E-state index is 0.313. The van der Waals surface area contributed by atoms with Gasteiger partial charge in [0.25, 0.3) is 5.56 Å². The second-order valence-corrected chi connectivity index (χ2v) is 7.89. The zero-order valence-corrected chi connectivity index (χ0v) is 19.8. The molecule has 1 unspecified atom stereocenters. The molecule has 3 aromatic rings. The molecule has 10 nitrogen and oxygen atoms in total. The number of carbonyl (C=O) groups excluding carboxylic acids is 1. The summed E-state index contributed by atoms with van der Waals surface area (Å²) in [6, 6.07) is 12.0. The number of rotatable bonds is 8. The van der Waals surface area contributed by atoms with E-state index < -0.39 is 35.8 Å². The van der Waals surface area contributed by atoms with Gasteiger partial charge in [-0.25, -0.2) is 4.79 Å². The smallest absolute Gasteiger partial charge is 0.319 e. The Labute approximate surface area is 201 Å². The number of benzene rings is 2. The Morgan fingerprint density at radius 2 is 1.71 bits per heavy atom. The molecule has 35 heavy (non-hydrogen) atoms. The third kappa shape index (κ3) is 5.91. The molecule has 0 aliphatic carbocycles. The maximum absolute atomic E-state index is 12.7. The topological polar surface area (TPSA) is 139 Å². The number of hydrogen-bond acceptors (Lipinski definition) is 6. The Morgan fingerprint density at radius 1 is 1.03 bits per heavy atom. The van der Waals surface area contributed by atoms with E-state index in [2.05, 4.69) is 10.6 Å². The van der Waals surface area contributed by atoms with Crippen molar-refractivity contribution in [2.45, 2.75) is 19.4 Å². The second kappa shape index (κ2) is 10.6. The maximum Gasteiger partial charge on any atom is 0.319 e. The van der Waals surface area contributed by atoms with Crippen molar-refractivity contribution in [1.82, 2.24) is 9.88 Å². The summed E-state index contributed by atoms with van der Waals surface area (Å²) < 4.78 is 12.0. The lowest BCUT2D eigenvalue weighted by atomic mass is 9.97. The maximum atomic E-state index is 12.7. The zero-order valence-electron chi connectivity index (χ0n) is 19.8. The molecule has 3 rings (SSSR count). The van der Waals surface area contributed by atoms with Crippen LogP contribution in [0, 0.1) is 6.92 Å². The van der Waals surface area contributed by atoms with Crippen molar-refractivity contribution in [2.24, 2.45) is 7.05 Å². The lowest BCUT2D eigenvalue weighted by Gasteiger charge is -2.20. The quantitative estimate of drug-likeness (QED) is 0.387. The van der Waals surface area contributed by atoms with E-state index in [0.717, 1.165) is 11.1 Å². The molecule has 0 spiro atoms. The number of methoxy groups -OCH3 is 2. The summed E-state index contributed by atoms with van der Waals surface area (Å²) in [6.45, 7) is 1.64. The van der Waals surface area contributed by atoms with Gasteiger partial charge in [-0.2, -0.15) is 0 Å². The van der Waals surface area contributed by atoms with E-state index in [1.165, 1.54) is 24.8 Å². The average molecular weight is 482 g/mol. The first-order valence-corrected chi connectivity index (χ1v) is 10.6. The fourth-order valence-corrected chi connectivity index (χ4v) is 3.57. The van der Waals surface area contributed by atoms with Crippen molar-refractivity contribution in [3.05, 3.63) is 70.1 Å². The molecule has 4 N–H and O–H groups in total. The van der Waals surface area contributed by atoms with E-state index in [-0.39, 0.29) is 5.69 Å². The number of nitrogens with one attached hydrogen (secondary N) is 2. The first-order chi connectivity index (χ1) is 16.6. The van der Waals surface area contributed by atoms with Crippen LogP contribution in [0.25, 0.3) is 11.1 Å². The second-order valence-electron chi connectivity index (χ2n) is 7.89. The van der Waals surface area contributed by atoms with Gasteiger partial charge in [0.2, 0.25) is 0 Å². The fraction of sp³-hybridized carbons (Fsp3) is 0.240.